The summed E-state index contributed by atoms with van der Waals surface area (Å²) in [5.74, 6) is -0.547. The van der Waals surface area contributed by atoms with E-state index in [1.54, 1.807) is 6.92 Å². The summed E-state index contributed by atoms with van der Waals surface area (Å²) in [4.78, 5) is 12.7. The molecule has 17 heavy (non-hydrogen) atoms. The van der Waals surface area contributed by atoms with Gasteiger partial charge in [0, 0.05) is 13.1 Å². The molecule has 1 aliphatic heterocycles. The topological polar surface area (TPSA) is 52.6 Å². The first-order chi connectivity index (χ1) is 7.78. The molecule has 1 fully saturated rings. The van der Waals surface area contributed by atoms with Gasteiger partial charge in [0.2, 0.25) is 5.91 Å². The van der Waals surface area contributed by atoms with Gasteiger partial charge in [0.25, 0.3) is 0 Å². The summed E-state index contributed by atoms with van der Waals surface area (Å²) in [7, 11) is 0. The van der Waals surface area contributed by atoms with Gasteiger partial charge in [0.05, 0.1) is 12.0 Å². The number of carbonyl (C=O) groups is 1. The predicted molar refractivity (Wildman–Crippen MR) is 55.3 cm³/mol. The van der Waals surface area contributed by atoms with Crippen LogP contribution in [0.3, 0.4) is 0 Å². The Hall–Kier alpha value is -0.820. The molecular weight excluding hydrogens is 237 g/mol. The fourth-order valence-electron chi connectivity index (χ4n) is 1.97. The number of aliphatic hydroxyl groups is 1. The summed E-state index contributed by atoms with van der Waals surface area (Å²) in [5.41, 5.74) is -0.791. The highest BCUT2D eigenvalue weighted by Gasteiger charge is 2.42. The average molecular weight is 254 g/mol. The second-order valence-corrected chi connectivity index (χ2v) is 4.55. The number of hydrogen-bond acceptors (Lipinski definition) is 3. The molecule has 1 heterocycles. The van der Waals surface area contributed by atoms with E-state index in [0.717, 1.165) is 0 Å². The van der Waals surface area contributed by atoms with E-state index < -0.39 is 30.7 Å². The number of nitrogens with zero attached hydrogens (tertiary/aromatic N) is 1. The van der Waals surface area contributed by atoms with Gasteiger partial charge >= 0.3 is 6.18 Å². The molecular formula is C10H17F3N2O2. The minimum atomic E-state index is -4.44. The van der Waals surface area contributed by atoms with Crippen LogP contribution in [0.25, 0.3) is 0 Å². The standard InChI is InChI=1S/C10H17F3N2O2/c1-9(2-3-14-6-9)8(17)15(4-5-16)7-10(11,12)13/h14,16H,2-7H2,1H3. The van der Waals surface area contributed by atoms with Crippen LogP contribution in [0, 0.1) is 5.41 Å². The number of amides is 1. The van der Waals surface area contributed by atoms with Crippen LogP contribution in [0.2, 0.25) is 0 Å². The number of halogens is 3. The van der Waals surface area contributed by atoms with Crippen LogP contribution < -0.4 is 5.32 Å². The van der Waals surface area contributed by atoms with Crippen molar-refractivity contribution < 1.29 is 23.1 Å². The van der Waals surface area contributed by atoms with Gasteiger partial charge in [0.15, 0.2) is 0 Å². The molecule has 0 aromatic rings. The second kappa shape index (κ2) is 5.22. The van der Waals surface area contributed by atoms with Gasteiger partial charge in [-0.15, -0.1) is 0 Å². The van der Waals surface area contributed by atoms with Crippen molar-refractivity contribution in [1.29, 1.82) is 0 Å². The highest BCUT2D eigenvalue weighted by molar-refractivity contribution is 5.83. The van der Waals surface area contributed by atoms with Gasteiger partial charge in [-0.1, -0.05) is 0 Å². The lowest BCUT2D eigenvalue weighted by molar-refractivity contribution is -0.167. The summed E-state index contributed by atoms with van der Waals surface area (Å²) >= 11 is 0. The minimum absolute atomic E-state index is 0.284. The van der Waals surface area contributed by atoms with Crippen molar-refractivity contribution in [1.82, 2.24) is 10.2 Å². The molecule has 0 saturated carbocycles. The van der Waals surface area contributed by atoms with Gasteiger partial charge in [-0.05, 0) is 19.9 Å². The number of carbonyl (C=O) groups excluding carboxylic acids is 1. The third kappa shape index (κ3) is 3.85. The zero-order valence-corrected chi connectivity index (χ0v) is 9.68. The van der Waals surface area contributed by atoms with Crippen molar-refractivity contribution in [2.45, 2.75) is 19.5 Å². The number of aliphatic hydroxyl groups excluding tert-OH is 1. The second-order valence-electron chi connectivity index (χ2n) is 4.55. The Balaban J connectivity index is 2.72. The van der Waals surface area contributed by atoms with Crippen molar-refractivity contribution in [3.63, 3.8) is 0 Å². The lowest BCUT2D eigenvalue weighted by Gasteiger charge is -2.31. The molecule has 1 aliphatic rings. The number of hydrogen-bond donors (Lipinski definition) is 2. The van der Waals surface area contributed by atoms with E-state index in [1.807, 2.05) is 0 Å². The zero-order chi connectivity index (χ0) is 13.1. The third-order valence-electron chi connectivity index (χ3n) is 2.91. The first kappa shape index (κ1) is 14.2. The highest BCUT2D eigenvalue weighted by Crippen LogP contribution is 2.28. The molecule has 1 amide bonds. The predicted octanol–water partition coefficient (Wildman–Crippen LogP) is 0.369. The molecule has 1 unspecified atom stereocenters. The SMILES string of the molecule is CC1(C(=O)N(CCO)CC(F)(F)F)CCNC1. The summed E-state index contributed by atoms with van der Waals surface area (Å²) in [6.07, 6.45) is -3.92. The molecule has 7 heteroatoms. The van der Waals surface area contributed by atoms with E-state index in [2.05, 4.69) is 5.32 Å². The minimum Gasteiger partial charge on any atom is -0.395 e. The highest BCUT2D eigenvalue weighted by atomic mass is 19.4. The largest absolute Gasteiger partial charge is 0.406 e. The monoisotopic (exact) mass is 254 g/mol. The molecule has 0 radical (unpaired) electrons. The first-order valence-electron chi connectivity index (χ1n) is 5.46. The lowest BCUT2D eigenvalue weighted by atomic mass is 9.88. The van der Waals surface area contributed by atoms with E-state index in [4.69, 9.17) is 5.11 Å². The van der Waals surface area contributed by atoms with Crippen LogP contribution in [0.5, 0.6) is 0 Å². The maximum Gasteiger partial charge on any atom is 0.406 e. The Morgan fingerprint density at radius 2 is 2.18 bits per heavy atom. The maximum absolute atomic E-state index is 12.3. The molecule has 0 aliphatic carbocycles. The molecule has 0 spiro atoms. The molecule has 2 N–H and O–H groups in total. The first-order valence-corrected chi connectivity index (χ1v) is 5.46. The summed E-state index contributed by atoms with van der Waals surface area (Å²) in [6, 6.07) is 0. The molecule has 1 rings (SSSR count). The summed E-state index contributed by atoms with van der Waals surface area (Å²) in [5, 5.41) is 11.7. The zero-order valence-electron chi connectivity index (χ0n) is 9.68. The Morgan fingerprint density at radius 3 is 2.59 bits per heavy atom. The average Bonchev–Trinajstić information content (AvgIpc) is 2.63. The Labute approximate surface area is 97.8 Å². The van der Waals surface area contributed by atoms with Crippen LogP contribution in [-0.2, 0) is 4.79 Å². The third-order valence-corrected chi connectivity index (χ3v) is 2.91. The lowest BCUT2D eigenvalue weighted by Crippen LogP contribution is -2.48. The number of alkyl halides is 3. The van der Waals surface area contributed by atoms with Gasteiger partial charge in [-0.2, -0.15) is 13.2 Å². The van der Waals surface area contributed by atoms with Crippen LogP contribution in [-0.4, -0.2) is 54.9 Å². The van der Waals surface area contributed by atoms with Crippen molar-refractivity contribution in [2.75, 3.05) is 32.8 Å². The number of rotatable bonds is 4. The van der Waals surface area contributed by atoms with E-state index in [0.29, 0.717) is 24.4 Å². The van der Waals surface area contributed by atoms with E-state index in [1.165, 1.54) is 0 Å². The molecule has 0 bridgehead atoms. The molecule has 1 saturated heterocycles. The van der Waals surface area contributed by atoms with Crippen molar-refractivity contribution >= 4 is 5.91 Å². The Morgan fingerprint density at radius 1 is 1.53 bits per heavy atom. The van der Waals surface area contributed by atoms with Crippen LogP contribution >= 0.6 is 0 Å². The van der Waals surface area contributed by atoms with Gasteiger partial charge in [-0.3, -0.25) is 4.79 Å². The van der Waals surface area contributed by atoms with Crippen molar-refractivity contribution in [3.05, 3.63) is 0 Å². The van der Waals surface area contributed by atoms with Gasteiger partial charge in [0.1, 0.15) is 6.54 Å². The molecule has 100 valence electrons. The van der Waals surface area contributed by atoms with Crippen molar-refractivity contribution in [3.8, 4) is 0 Å². The summed E-state index contributed by atoms with van der Waals surface area (Å²) in [6.45, 7) is 0.601. The Bertz CT molecular complexity index is 275. The fraction of sp³-hybridized carbons (Fsp3) is 0.900. The number of nitrogens with one attached hydrogen (secondary N) is 1. The van der Waals surface area contributed by atoms with Gasteiger partial charge in [-0.25, -0.2) is 0 Å². The Kier molecular flexibility index (Phi) is 4.37. The van der Waals surface area contributed by atoms with Crippen LogP contribution in [0.15, 0.2) is 0 Å². The fourth-order valence-corrected chi connectivity index (χ4v) is 1.97. The normalized spacial score (nSPS) is 25.0. The van der Waals surface area contributed by atoms with Crippen LogP contribution in [0.4, 0.5) is 13.2 Å². The molecule has 1 atom stereocenters. The summed E-state index contributed by atoms with van der Waals surface area (Å²) < 4.78 is 36.9. The van der Waals surface area contributed by atoms with Gasteiger partial charge < -0.3 is 15.3 Å². The van der Waals surface area contributed by atoms with E-state index >= 15 is 0 Å². The molecule has 0 aromatic heterocycles. The van der Waals surface area contributed by atoms with E-state index in [-0.39, 0.29) is 6.54 Å². The van der Waals surface area contributed by atoms with Crippen molar-refractivity contribution in [2.24, 2.45) is 5.41 Å². The molecule has 0 aromatic carbocycles. The smallest absolute Gasteiger partial charge is 0.395 e. The van der Waals surface area contributed by atoms with Crippen LogP contribution in [0.1, 0.15) is 13.3 Å². The maximum atomic E-state index is 12.3. The van der Waals surface area contributed by atoms with E-state index in [9.17, 15) is 18.0 Å². The quantitative estimate of drug-likeness (QED) is 0.762. The molecule has 4 nitrogen and oxygen atoms in total.